The molecule has 2 aromatic carbocycles. The predicted octanol–water partition coefficient (Wildman–Crippen LogP) is 3.99. The molecule has 0 atom stereocenters. The van der Waals surface area contributed by atoms with Gasteiger partial charge >= 0.3 is 5.97 Å². The van der Waals surface area contributed by atoms with Gasteiger partial charge in [-0.25, -0.2) is 0 Å². The Morgan fingerprint density at radius 3 is 2.52 bits per heavy atom. The first kappa shape index (κ1) is 17.8. The van der Waals surface area contributed by atoms with E-state index in [9.17, 15) is 4.79 Å². The average molecular weight is 334 g/mol. The molecule has 124 valence electrons. The first-order chi connectivity index (χ1) is 10.7. The van der Waals surface area contributed by atoms with E-state index in [2.05, 4.69) is 47.4 Å². The Kier molecular flexibility index (Phi) is 6.43. The number of aryl methyl sites for hydroxylation is 1. The summed E-state index contributed by atoms with van der Waals surface area (Å²) in [6.45, 7) is 2.91. The zero-order valence-corrected chi connectivity index (χ0v) is 14.1. The summed E-state index contributed by atoms with van der Waals surface area (Å²) in [5.74, 6) is -0.760. The van der Waals surface area contributed by atoms with Gasteiger partial charge in [-0.3, -0.25) is 4.79 Å². The summed E-state index contributed by atoms with van der Waals surface area (Å²) in [4.78, 5) is 13.4. The summed E-state index contributed by atoms with van der Waals surface area (Å²) in [5.41, 5.74) is 1.42. The van der Waals surface area contributed by atoms with Crippen LogP contribution in [-0.2, 0) is 11.2 Å². The van der Waals surface area contributed by atoms with Crippen LogP contribution in [0.1, 0.15) is 24.8 Å². The fourth-order valence-corrected chi connectivity index (χ4v) is 3.41. The number of rotatable bonds is 5. The van der Waals surface area contributed by atoms with Gasteiger partial charge in [0, 0.05) is 0 Å². The minimum Gasteiger partial charge on any atom is -0.481 e. The van der Waals surface area contributed by atoms with Crippen LogP contribution in [0.3, 0.4) is 0 Å². The molecule has 3 nitrogen and oxygen atoms in total. The van der Waals surface area contributed by atoms with Gasteiger partial charge in [0.2, 0.25) is 0 Å². The highest BCUT2D eigenvalue weighted by molar-refractivity contribution is 5.86. The van der Waals surface area contributed by atoms with Gasteiger partial charge in [-0.1, -0.05) is 42.5 Å². The van der Waals surface area contributed by atoms with E-state index >= 15 is 0 Å². The number of carbonyl (C=O) groups is 1. The molecule has 0 unspecified atom stereocenters. The number of piperidine rings is 1. The Balaban J connectivity index is 0.00000192. The molecule has 0 saturated carbocycles. The predicted molar refractivity (Wildman–Crippen MR) is 96.3 cm³/mol. The van der Waals surface area contributed by atoms with E-state index in [1.807, 2.05) is 0 Å². The van der Waals surface area contributed by atoms with E-state index in [4.69, 9.17) is 5.11 Å². The van der Waals surface area contributed by atoms with Crippen molar-refractivity contribution in [2.75, 3.05) is 19.6 Å². The third-order valence-electron chi connectivity index (χ3n) is 4.74. The molecular formula is C19H24ClNO2. The van der Waals surface area contributed by atoms with E-state index < -0.39 is 5.97 Å². The van der Waals surface area contributed by atoms with Crippen molar-refractivity contribution in [2.45, 2.75) is 25.7 Å². The van der Waals surface area contributed by atoms with Crippen molar-refractivity contribution in [3.05, 3.63) is 48.0 Å². The van der Waals surface area contributed by atoms with Crippen LogP contribution in [0.4, 0.5) is 0 Å². The highest BCUT2D eigenvalue weighted by Gasteiger charge is 2.23. The molecule has 3 rings (SSSR count). The SMILES string of the molecule is Cl.O=C(O)C1CCN(CCCc2cccc3ccccc23)CC1. The van der Waals surface area contributed by atoms with Crippen molar-refractivity contribution in [3.8, 4) is 0 Å². The minimum absolute atomic E-state index is 0. The number of benzene rings is 2. The number of likely N-dealkylation sites (tertiary alicyclic amines) is 1. The van der Waals surface area contributed by atoms with Crippen LogP contribution in [0.2, 0.25) is 0 Å². The summed E-state index contributed by atoms with van der Waals surface area (Å²) >= 11 is 0. The van der Waals surface area contributed by atoms with Gasteiger partial charge in [-0.15, -0.1) is 12.4 Å². The molecule has 1 aliphatic heterocycles. The normalized spacial score (nSPS) is 16.2. The van der Waals surface area contributed by atoms with Crippen molar-refractivity contribution in [2.24, 2.45) is 5.92 Å². The maximum atomic E-state index is 11.0. The Morgan fingerprint density at radius 2 is 1.78 bits per heavy atom. The van der Waals surface area contributed by atoms with Gasteiger partial charge in [-0.05, 0) is 61.7 Å². The van der Waals surface area contributed by atoms with Gasteiger partial charge in [0.1, 0.15) is 0 Å². The Hall–Kier alpha value is -1.58. The molecule has 23 heavy (non-hydrogen) atoms. The summed E-state index contributed by atoms with van der Waals surface area (Å²) < 4.78 is 0. The molecule has 0 aliphatic carbocycles. The molecule has 1 saturated heterocycles. The molecule has 1 N–H and O–H groups in total. The molecule has 0 aromatic heterocycles. The smallest absolute Gasteiger partial charge is 0.306 e. The maximum Gasteiger partial charge on any atom is 0.306 e. The van der Waals surface area contributed by atoms with Crippen molar-refractivity contribution >= 4 is 29.1 Å². The first-order valence-electron chi connectivity index (χ1n) is 8.16. The lowest BCUT2D eigenvalue weighted by molar-refractivity contribution is -0.143. The fraction of sp³-hybridized carbons (Fsp3) is 0.421. The highest BCUT2D eigenvalue weighted by Crippen LogP contribution is 2.21. The number of fused-ring (bicyclic) bond motifs is 1. The second-order valence-electron chi connectivity index (χ2n) is 6.20. The van der Waals surface area contributed by atoms with Gasteiger partial charge < -0.3 is 10.0 Å². The van der Waals surface area contributed by atoms with Crippen molar-refractivity contribution < 1.29 is 9.90 Å². The summed E-state index contributed by atoms with van der Waals surface area (Å²) in [7, 11) is 0. The number of halogens is 1. The standard InChI is InChI=1S/C19H23NO2.ClH/c21-19(22)17-10-13-20(14-11-17)12-4-8-16-7-3-6-15-5-1-2-9-18(15)16;/h1-3,5-7,9,17H,4,8,10-14H2,(H,21,22);1H. The first-order valence-corrected chi connectivity index (χ1v) is 8.16. The van der Waals surface area contributed by atoms with E-state index in [-0.39, 0.29) is 18.3 Å². The topological polar surface area (TPSA) is 40.5 Å². The maximum absolute atomic E-state index is 11.0. The number of hydrogen-bond donors (Lipinski definition) is 1. The largest absolute Gasteiger partial charge is 0.481 e. The lowest BCUT2D eigenvalue weighted by Gasteiger charge is -2.29. The van der Waals surface area contributed by atoms with Crippen molar-refractivity contribution in [1.29, 1.82) is 0 Å². The molecule has 4 heteroatoms. The van der Waals surface area contributed by atoms with Crippen molar-refractivity contribution in [1.82, 2.24) is 4.90 Å². The van der Waals surface area contributed by atoms with Gasteiger partial charge in [0.15, 0.2) is 0 Å². The van der Waals surface area contributed by atoms with E-state index in [0.717, 1.165) is 45.3 Å². The van der Waals surface area contributed by atoms with E-state index in [1.165, 1.54) is 16.3 Å². The average Bonchev–Trinajstić information content (AvgIpc) is 2.55. The zero-order chi connectivity index (χ0) is 15.4. The summed E-state index contributed by atoms with van der Waals surface area (Å²) in [6, 6.07) is 15.1. The molecule has 2 aromatic rings. The molecular weight excluding hydrogens is 310 g/mol. The van der Waals surface area contributed by atoms with Crippen LogP contribution in [-0.4, -0.2) is 35.6 Å². The van der Waals surface area contributed by atoms with Crippen LogP contribution in [0, 0.1) is 5.92 Å². The number of hydrogen-bond acceptors (Lipinski definition) is 2. The third kappa shape index (κ3) is 4.46. The van der Waals surface area contributed by atoms with E-state index in [0.29, 0.717) is 0 Å². The van der Waals surface area contributed by atoms with Gasteiger partial charge in [0.05, 0.1) is 5.92 Å². The van der Waals surface area contributed by atoms with Crippen LogP contribution in [0.25, 0.3) is 10.8 Å². The molecule has 1 aliphatic rings. The molecule has 0 amide bonds. The lowest BCUT2D eigenvalue weighted by Crippen LogP contribution is -2.36. The van der Waals surface area contributed by atoms with Gasteiger partial charge in [-0.2, -0.15) is 0 Å². The quantitative estimate of drug-likeness (QED) is 0.899. The van der Waals surface area contributed by atoms with Gasteiger partial charge in [0.25, 0.3) is 0 Å². The molecule has 1 fully saturated rings. The Morgan fingerprint density at radius 1 is 1.09 bits per heavy atom. The van der Waals surface area contributed by atoms with Crippen LogP contribution >= 0.6 is 12.4 Å². The second-order valence-corrected chi connectivity index (χ2v) is 6.20. The zero-order valence-electron chi connectivity index (χ0n) is 13.3. The second kappa shape index (κ2) is 8.32. The van der Waals surface area contributed by atoms with Crippen LogP contribution in [0.15, 0.2) is 42.5 Å². The number of carboxylic acids is 1. The number of carboxylic acid groups (broad SMARTS) is 1. The molecule has 0 bridgehead atoms. The fourth-order valence-electron chi connectivity index (χ4n) is 3.41. The number of aliphatic carboxylic acids is 1. The third-order valence-corrected chi connectivity index (χ3v) is 4.74. The molecule has 1 heterocycles. The lowest BCUT2D eigenvalue weighted by atomic mass is 9.96. The Labute approximate surface area is 143 Å². The highest BCUT2D eigenvalue weighted by atomic mass is 35.5. The van der Waals surface area contributed by atoms with Crippen LogP contribution < -0.4 is 0 Å². The molecule has 0 radical (unpaired) electrons. The van der Waals surface area contributed by atoms with E-state index in [1.54, 1.807) is 0 Å². The summed E-state index contributed by atoms with van der Waals surface area (Å²) in [5, 5.41) is 11.7. The van der Waals surface area contributed by atoms with Crippen LogP contribution in [0.5, 0.6) is 0 Å². The monoisotopic (exact) mass is 333 g/mol. The summed E-state index contributed by atoms with van der Waals surface area (Å²) in [6.07, 6.45) is 3.80. The minimum atomic E-state index is -0.629. The Bertz CT molecular complexity index is 645. The van der Waals surface area contributed by atoms with Crippen molar-refractivity contribution in [3.63, 3.8) is 0 Å². The number of nitrogens with zero attached hydrogens (tertiary/aromatic N) is 1. The molecule has 0 spiro atoms.